The highest BCUT2D eigenvalue weighted by molar-refractivity contribution is 6.78. The Balaban J connectivity index is 4.59. The molecule has 6 heteroatoms. The molecule has 0 aliphatic rings. The Morgan fingerprint density at radius 2 is 1.73 bits per heavy atom. The van der Waals surface area contributed by atoms with Gasteiger partial charge in [-0.25, -0.2) is 0 Å². The van der Waals surface area contributed by atoms with E-state index < -0.39 is 26.1 Å². The molecule has 0 aliphatic heterocycles. The van der Waals surface area contributed by atoms with Crippen molar-refractivity contribution in [1.29, 1.82) is 0 Å². The van der Waals surface area contributed by atoms with Crippen molar-refractivity contribution in [2.75, 3.05) is 0 Å². The normalized spacial score (nSPS) is 15.7. The minimum Gasteiger partial charge on any atom is -0.481 e. The number of rotatable bonds is 6. The number of hydrogen-bond donors (Lipinski definition) is 3. The average molecular weight is 233 g/mol. The van der Waals surface area contributed by atoms with Crippen molar-refractivity contribution in [1.82, 2.24) is 0 Å². The molecular formula is C9H19NO4Si. The zero-order chi connectivity index (χ0) is 12.2. The smallest absolute Gasteiger partial charge is 0.320 e. The molecule has 0 aliphatic carbocycles. The zero-order valence-corrected chi connectivity index (χ0v) is 10.4. The third-order valence-electron chi connectivity index (χ3n) is 2.50. The van der Waals surface area contributed by atoms with Crippen LogP contribution in [0.4, 0.5) is 0 Å². The minimum atomic E-state index is -1.75. The van der Waals surface area contributed by atoms with Gasteiger partial charge in [0.15, 0.2) is 0 Å². The van der Waals surface area contributed by atoms with E-state index in [-0.39, 0.29) is 12.0 Å². The van der Waals surface area contributed by atoms with Crippen LogP contribution in [0.3, 0.4) is 0 Å². The first-order valence-corrected chi connectivity index (χ1v) is 8.44. The van der Waals surface area contributed by atoms with E-state index >= 15 is 0 Å². The fraction of sp³-hybridized carbons (Fsp3) is 0.778. The second-order valence-electron chi connectivity index (χ2n) is 4.77. The van der Waals surface area contributed by atoms with Crippen LogP contribution >= 0.6 is 0 Å². The summed E-state index contributed by atoms with van der Waals surface area (Å²) >= 11 is 0. The van der Waals surface area contributed by atoms with Gasteiger partial charge in [0, 0.05) is 14.5 Å². The molecule has 4 N–H and O–H groups in total. The van der Waals surface area contributed by atoms with E-state index in [0.717, 1.165) is 0 Å². The van der Waals surface area contributed by atoms with E-state index in [2.05, 4.69) is 0 Å². The molecule has 0 saturated heterocycles. The van der Waals surface area contributed by atoms with E-state index in [1.54, 1.807) is 0 Å². The molecule has 0 aromatic rings. The van der Waals surface area contributed by atoms with Gasteiger partial charge < -0.3 is 15.9 Å². The Bertz CT molecular complexity index is 249. The lowest BCUT2D eigenvalue weighted by atomic mass is 10.1. The summed E-state index contributed by atoms with van der Waals surface area (Å²) in [5.74, 6) is -1.95. The molecule has 88 valence electrons. The van der Waals surface area contributed by atoms with Gasteiger partial charge in [0.2, 0.25) is 0 Å². The fourth-order valence-corrected chi connectivity index (χ4v) is 3.83. The molecule has 0 saturated carbocycles. The molecule has 0 fully saturated rings. The van der Waals surface area contributed by atoms with E-state index in [9.17, 15) is 9.59 Å². The SMILES string of the molecule is C[Si](C)(C)C(CCC(=O)O)C(N)C(=O)O. The zero-order valence-electron chi connectivity index (χ0n) is 9.36. The first kappa shape index (κ1) is 14.1. The van der Waals surface area contributed by atoms with Crippen LogP contribution in [-0.4, -0.2) is 36.3 Å². The fourth-order valence-electron chi connectivity index (χ4n) is 1.60. The van der Waals surface area contributed by atoms with Crippen LogP contribution in [0.25, 0.3) is 0 Å². The number of aliphatic carboxylic acids is 2. The summed E-state index contributed by atoms with van der Waals surface area (Å²) in [4.78, 5) is 21.2. The van der Waals surface area contributed by atoms with Crippen molar-refractivity contribution >= 4 is 20.0 Å². The Morgan fingerprint density at radius 1 is 1.27 bits per heavy atom. The average Bonchev–Trinajstić information content (AvgIpc) is 2.00. The van der Waals surface area contributed by atoms with Crippen molar-refractivity contribution in [3.63, 3.8) is 0 Å². The first-order chi connectivity index (χ1) is 6.66. The standard InChI is InChI=1S/C9H19NO4Si/c1-15(2,3)6(4-5-7(11)12)8(10)9(13)14/h6,8H,4-5,10H2,1-3H3,(H,11,12)(H,13,14). The summed E-state index contributed by atoms with van der Waals surface area (Å²) in [5.41, 5.74) is 5.37. The largest absolute Gasteiger partial charge is 0.481 e. The molecular weight excluding hydrogens is 214 g/mol. The van der Waals surface area contributed by atoms with Crippen LogP contribution in [0, 0.1) is 0 Å². The molecule has 5 nitrogen and oxygen atoms in total. The lowest BCUT2D eigenvalue weighted by Gasteiger charge is -2.31. The third-order valence-corrected chi connectivity index (χ3v) is 5.37. The van der Waals surface area contributed by atoms with Crippen LogP contribution in [-0.2, 0) is 9.59 Å². The van der Waals surface area contributed by atoms with Gasteiger partial charge >= 0.3 is 11.9 Å². The van der Waals surface area contributed by atoms with Crippen LogP contribution in [0.15, 0.2) is 0 Å². The van der Waals surface area contributed by atoms with Crippen LogP contribution < -0.4 is 5.73 Å². The predicted molar refractivity (Wildman–Crippen MR) is 59.6 cm³/mol. The number of carboxylic acid groups (broad SMARTS) is 2. The Morgan fingerprint density at radius 3 is 2.00 bits per heavy atom. The quantitative estimate of drug-likeness (QED) is 0.593. The maximum Gasteiger partial charge on any atom is 0.320 e. The second kappa shape index (κ2) is 5.27. The lowest BCUT2D eigenvalue weighted by Crippen LogP contribution is -2.45. The highest BCUT2D eigenvalue weighted by Gasteiger charge is 2.35. The summed E-state index contributed by atoms with van der Waals surface area (Å²) in [6.45, 7) is 6.01. The summed E-state index contributed by atoms with van der Waals surface area (Å²) in [5, 5.41) is 17.4. The van der Waals surface area contributed by atoms with Crippen molar-refractivity contribution < 1.29 is 19.8 Å². The predicted octanol–water partition coefficient (Wildman–Crippen LogP) is 0.972. The lowest BCUT2D eigenvalue weighted by molar-refractivity contribution is -0.140. The van der Waals surface area contributed by atoms with Gasteiger partial charge in [-0.15, -0.1) is 0 Å². The van der Waals surface area contributed by atoms with Crippen molar-refractivity contribution in [2.24, 2.45) is 5.73 Å². The highest BCUT2D eigenvalue weighted by Crippen LogP contribution is 2.29. The van der Waals surface area contributed by atoms with Gasteiger partial charge in [0.05, 0.1) is 0 Å². The Labute approximate surface area is 90.3 Å². The van der Waals surface area contributed by atoms with Gasteiger partial charge in [-0.1, -0.05) is 19.6 Å². The molecule has 0 spiro atoms. The monoisotopic (exact) mass is 233 g/mol. The van der Waals surface area contributed by atoms with Crippen LogP contribution in [0.5, 0.6) is 0 Å². The molecule has 2 unspecified atom stereocenters. The van der Waals surface area contributed by atoms with E-state index in [1.165, 1.54) is 0 Å². The minimum absolute atomic E-state index is 0.0179. The number of carbonyl (C=O) groups is 2. The second-order valence-corrected chi connectivity index (χ2v) is 10.2. The third kappa shape index (κ3) is 4.94. The molecule has 0 amide bonds. The molecule has 0 bridgehead atoms. The summed E-state index contributed by atoms with van der Waals surface area (Å²) in [6, 6.07) is -0.948. The topological polar surface area (TPSA) is 101 Å². The maximum atomic E-state index is 10.8. The Kier molecular flexibility index (Phi) is 4.96. The summed E-state index contributed by atoms with van der Waals surface area (Å²) < 4.78 is 0. The molecule has 15 heavy (non-hydrogen) atoms. The van der Waals surface area contributed by atoms with Gasteiger partial charge in [-0.05, 0) is 12.0 Å². The molecule has 0 aromatic carbocycles. The molecule has 0 rings (SSSR count). The van der Waals surface area contributed by atoms with E-state index in [1.807, 2.05) is 19.6 Å². The number of hydrogen-bond acceptors (Lipinski definition) is 3. The van der Waals surface area contributed by atoms with Gasteiger partial charge in [-0.3, -0.25) is 9.59 Å². The number of carboxylic acids is 2. The summed E-state index contributed by atoms with van der Waals surface area (Å²) in [7, 11) is -1.75. The molecule has 0 radical (unpaired) electrons. The van der Waals surface area contributed by atoms with Crippen molar-refractivity contribution in [3.05, 3.63) is 0 Å². The van der Waals surface area contributed by atoms with Gasteiger partial charge in [-0.2, -0.15) is 0 Å². The van der Waals surface area contributed by atoms with E-state index in [4.69, 9.17) is 15.9 Å². The van der Waals surface area contributed by atoms with Gasteiger partial charge in [0.25, 0.3) is 0 Å². The molecule has 0 aromatic heterocycles. The molecule has 2 atom stereocenters. The Hall–Kier alpha value is -0.883. The number of nitrogens with two attached hydrogens (primary N) is 1. The van der Waals surface area contributed by atoms with Crippen molar-refractivity contribution in [2.45, 2.75) is 44.1 Å². The van der Waals surface area contributed by atoms with Crippen LogP contribution in [0.2, 0.25) is 25.2 Å². The summed E-state index contributed by atoms with van der Waals surface area (Å²) in [6.07, 6.45) is 0.328. The highest BCUT2D eigenvalue weighted by atomic mass is 28.3. The molecule has 0 heterocycles. The maximum absolute atomic E-state index is 10.8. The van der Waals surface area contributed by atoms with Crippen molar-refractivity contribution in [3.8, 4) is 0 Å². The first-order valence-electron chi connectivity index (χ1n) is 4.86. The van der Waals surface area contributed by atoms with Gasteiger partial charge in [0.1, 0.15) is 6.04 Å². The van der Waals surface area contributed by atoms with Crippen LogP contribution in [0.1, 0.15) is 12.8 Å². The van der Waals surface area contributed by atoms with E-state index in [0.29, 0.717) is 6.42 Å².